The molecule has 0 saturated heterocycles. The van der Waals surface area contributed by atoms with Crippen LogP contribution in [0.3, 0.4) is 0 Å². The van der Waals surface area contributed by atoms with Crippen molar-refractivity contribution in [2.75, 3.05) is 0 Å². The van der Waals surface area contributed by atoms with Gasteiger partial charge in [0.05, 0.1) is 5.56 Å². The standard InChI is InChI=1S/C8H8F3NO/c9-6-3-1-2-5(4-12-13)7(6)8(10)11/h1-3,8,12-13H,4H2. The van der Waals surface area contributed by atoms with E-state index < -0.39 is 17.8 Å². The lowest BCUT2D eigenvalue weighted by molar-refractivity contribution is 0.138. The van der Waals surface area contributed by atoms with E-state index in [2.05, 4.69) is 0 Å². The molecule has 1 aromatic rings. The van der Waals surface area contributed by atoms with E-state index in [1.807, 2.05) is 0 Å². The van der Waals surface area contributed by atoms with Crippen LogP contribution in [0.25, 0.3) is 0 Å². The maximum atomic E-state index is 12.8. The zero-order valence-corrected chi connectivity index (χ0v) is 6.60. The summed E-state index contributed by atoms with van der Waals surface area (Å²) in [5.74, 6) is -0.956. The molecule has 0 saturated carbocycles. The van der Waals surface area contributed by atoms with Gasteiger partial charge in [0.25, 0.3) is 6.43 Å². The molecule has 0 fully saturated rings. The van der Waals surface area contributed by atoms with Crippen molar-refractivity contribution in [3.8, 4) is 0 Å². The van der Waals surface area contributed by atoms with Gasteiger partial charge in [0.1, 0.15) is 5.82 Å². The highest BCUT2D eigenvalue weighted by atomic mass is 19.3. The first-order chi connectivity index (χ1) is 6.16. The molecule has 0 unspecified atom stereocenters. The average Bonchev–Trinajstić information content (AvgIpc) is 2.04. The summed E-state index contributed by atoms with van der Waals surface area (Å²) < 4.78 is 37.4. The Labute approximate surface area is 73.0 Å². The molecule has 72 valence electrons. The highest BCUT2D eigenvalue weighted by Gasteiger charge is 2.17. The molecule has 0 aliphatic rings. The van der Waals surface area contributed by atoms with Crippen LogP contribution >= 0.6 is 0 Å². The predicted octanol–water partition coefficient (Wildman–Crippen LogP) is 2.24. The van der Waals surface area contributed by atoms with Crippen molar-refractivity contribution in [1.29, 1.82) is 0 Å². The van der Waals surface area contributed by atoms with Crippen LogP contribution in [0.4, 0.5) is 13.2 Å². The lowest BCUT2D eigenvalue weighted by Gasteiger charge is -2.08. The zero-order chi connectivity index (χ0) is 9.84. The largest absolute Gasteiger partial charge is 0.316 e. The van der Waals surface area contributed by atoms with Gasteiger partial charge < -0.3 is 5.21 Å². The van der Waals surface area contributed by atoms with E-state index >= 15 is 0 Å². The highest BCUT2D eigenvalue weighted by Crippen LogP contribution is 2.25. The highest BCUT2D eigenvalue weighted by molar-refractivity contribution is 5.29. The van der Waals surface area contributed by atoms with E-state index in [1.54, 1.807) is 5.48 Å². The van der Waals surface area contributed by atoms with Gasteiger partial charge in [0, 0.05) is 6.54 Å². The molecular weight excluding hydrogens is 183 g/mol. The quantitative estimate of drug-likeness (QED) is 0.718. The lowest BCUT2D eigenvalue weighted by Crippen LogP contribution is -2.09. The second-order valence-corrected chi connectivity index (χ2v) is 2.45. The molecule has 0 radical (unpaired) electrons. The Morgan fingerprint density at radius 1 is 1.38 bits per heavy atom. The molecule has 2 N–H and O–H groups in total. The van der Waals surface area contributed by atoms with E-state index in [-0.39, 0.29) is 12.1 Å². The molecule has 0 atom stereocenters. The molecular formula is C8H8F3NO. The fourth-order valence-corrected chi connectivity index (χ4v) is 1.07. The minimum absolute atomic E-state index is 0.0532. The maximum absolute atomic E-state index is 12.8. The van der Waals surface area contributed by atoms with Crippen molar-refractivity contribution in [3.05, 3.63) is 35.1 Å². The number of rotatable bonds is 3. The second kappa shape index (κ2) is 4.25. The van der Waals surface area contributed by atoms with E-state index in [0.717, 1.165) is 6.07 Å². The first kappa shape index (κ1) is 10.0. The molecule has 0 spiro atoms. The summed E-state index contributed by atoms with van der Waals surface area (Å²) >= 11 is 0. The molecule has 1 aromatic carbocycles. The van der Waals surface area contributed by atoms with Crippen molar-refractivity contribution in [2.24, 2.45) is 0 Å². The summed E-state index contributed by atoms with van der Waals surface area (Å²) in [7, 11) is 0. The Kier molecular flexibility index (Phi) is 3.27. The summed E-state index contributed by atoms with van der Waals surface area (Å²) in [6, 6.07) is 3.60. The summed E-state index contributed by atoms with van der Waals surface area (Å²) in [6.45, 7) is -0.197. The number of benzene rings is 1. The molecule has 2 nitrogen and oxygen atoms in total. The average molecular weight is 191 g/mol. The molecule has 0 aromatic heterocycles. The molecule has 1 rings (SSSR count). The fourth-order valence-electron chi connectivity index (χ4n) is 1.07. The van der Waals surface area contributed by atoms with Gasteiger partial charge in [0.15, 0.2) is 0 Å². The first-order valence-electron chi connectivity index (χ1n) is 3.59. The molecule has 13 heavy (non-hydrogen) atoms. The first-order valence-corrected chi connectivity index (χ1v) is 3.59. The summed E-state index contributed by atoms with van der Waals surface area (Å²) in [6.07, 6.45) is -2.87. The molecule has 0 heterocycles. The number of alkyl halides is 2. The Hall–Kier alpha value is -1.07. The maximum Gasteiger partial charge on any atom is 0.266 e. The normalized spacial score (nSPS) is 10.8. The lowest BCUT2D eigenvalue weighted by atomic mass is 10.1. The molecule has 0 bridgehead atoms. The van der Waals surface area contributed by atoms with Gasteiger partial charge in [-0.05, 0) is 11.6 Å². The SMILES string of the molecule is ONCc1cccc(F)c1C(F)F. The van der Waals surface area contributed by atoms with Gasteiger partial charge in [0.2, 0.25) is 0 Å². The number of hydrogen-bond donors (Lipinski definition) is 2. The van der Waals surface area contributed by atoms with Gasteiger partial charge >= 0.3 is 0 Å². The van der Waals surface area contributed by atoms with Gasteiger partial charge in [-0.1, -0.05) is 12.1 Å². The monoisotopic (exact) mass is 191 g/mol. The summed E-state index contributed by atoms with van der Waals surface area (Å²) in [5.41, 5.74) is 1.10. The fraction of sp³-hybridized carbons (Fsp3) is 0.250. The van der Waals surface area contributed by atoms with Crippen LogP contribution in [0, 0.1) is 5.82 Å². The third kappa shape index (κ3) is 2.19. The zero-order valence-electron chi connectivity index (χ0n) is 6.60. The smallest absolute Gasteiger partial charge is 0.266 e. The minimum atomic E-state index is -2.87. The minimum Gasteiger partial charge on any atom is -0.316 e. The van der Waals surface area contributed by atoms with E-state index in [4.69, 9.17) is 5.21 Å². The van der Waals surface area contributed by atoms with Crippen LogP contribution < -0.4 is 5.48 Å². The third-order valence-electron chi connectivity index (χ3n) is 1.63. The van der Waals surface area contributed by atoms with Gasteiger partial charge in [-0.3, -0.25) is 0 Å². The van der Waals surface area contributed by atoms with Crippen LogP contribution in [0.15, 0.2) is 18.2 Å². The number of halogens is 3. The van der Waals surface area contributed by atoms with Crippen LogP contribution in [0.5, 0.6) is 0 Å². The van der Waals surface area contributed by atoms with Crippen LogP contribution in [0.1, 0.15) is 17.6 Å². The predicted molar refractivity (Wildman–Crippen MR) is 40.0 cm³/mol. The van der Waals surface area contributed by atoms with E-state index in [9.17, 15) is 13.2 Å². The van der Waals surface area contributed by atoms with Crippen molar-refractivity contribution < 1.29 is 18.4 Å². The van der Waals surface area contributed by atoms with Crippen molar-refractivity contribution in [2.45, 2.75) is 13.0 Å². The summed E-state index contributed by atoms with van der Waals surface area (Å²) in [4.78, 5) is 0. The number of hydroxylamine groups is 1. The van der Waals surface area contributed by atoms with Crippen molar-refractivity contribution in [3.63, 3.8) is 0 Å². The van der Waals surface area contributed by atoms with Gasteiger partial charge in [-0.25, -0.2) is 18.7 Å². The van der Waals surface area contributed by atoms with Crippen LogP contribution in [-0.2, 0) is 6.54 Å². The number of hydrogen-bond acceptors (Lipinski definition) is 2. The third-order valence-corrected chi connectivity index (χ3v) is 1.63. The molecule has 0 amide bonds. The van der Waals surface area contributed by atoms with Crippen molar-refractivity contribution in [1.82, 2.24) is 5.48 Å². The van der Waals surface area contributed by atoms with E-state index in [1.165, 1.54) is 12.1 Å². The number of nitrogens with one attached hydrogen (secondary N) is 1. The van der Waals surface area contributed by atoms with Crippen molar-refractivity contribution >= 4 is 0 Å². The second-order valence-electron chi connectivity index (χ2n) is 2.45. The molecule has 0 aliphatic heterocycles. The summed E-state index contributed by atoms with van der Waals surface area (Å²) in [5, 5.41) is 8.30. The van der Waals surface area contributed by atoms with E-state index in [0.29, 0.717) is 0 Å². The van der Waals surface area contributed by atoms with Gasteiger partial charge in [-0.2, -0.15) is 0 Å². The Morgan fingerprint density at radius 3 is 2.62 bits per heavy atom. The van der Waals surface area contributed by atoms with Crippen LogP contribution in [0.2, 0.25) is 0 Å². The Balaban J connectivity index is 3.10. The molecule has 0 aliphatic carbocycles. The Morgan fingerprint density at radius 2 is 2.08 bits per heavy atom. The van der Waals surface area contributed by atoms with Gasteiger partial charge in [-0.15, -0.1) is 0 Å². The van der Waals surface area contributed by atoms with Crippen LogP contribution in [-0.4, -0.2) is 5.21 Å². The Bertz CT molecular complexity index is 291. The molecule has 5 heteroatoms. The topological polar surface area (TPSA) is 32.3 Å².